The lowest BCUT2D eigenvalue weighted by Crippen LogP contribution is -2.45. The molecule has 0 unspecified atom stereocenters. The van der Waals surface area contributed by atoms with E-state index >= 15 is 0 Å². The van der Waals surface area contributed by atoms with Gasteiger partial charge in [0, 0.05) is 25.7 Å². The van der Waals surface area contributed by atoms with Crippen molar-refractivity contribution in [3.05, 3.63) is 35.9 Å². The molecule has 0 atom stereocenters. The van der Waals surface area contributed by atoms with Crippen LogP contribution in [-0.4, -0.2) is 60.9 Å². The Hall–Kier alpha value is -2.37. The van der Waals surface area contributed by atoms with E-state index in [1.807, 2.05) is 6.07 Å². The Kier molecular flexibility index (Phi) is 6.35. The molecule has 6 nitrogen and oxygen atoms in total. The molecule has 1 fully saturated rings. The number of esters is 1. The predicted molar refractivity (Wildman–Crippen MR) is 89.3 cm³/mol. The van der Waals surface area contributed by atoms with Crippen LogP contribution in [0, 0.1) is 5.92 Å². The van der Waals surface area contributed by atoms with E-state index in [0.29, 0.717) is 38.1 Å². The summed E-state index contributed by atoms with van der Waals surface area (Å²) in [5.74, 6) is -0.576. The van der Waals surface area contributed by atoms with Gasteiger partial charge in [0.2, 0.25) is 5.91 Å². The number of likely N-dealkylation sites (N-methyl/N-ethyl adjacent to an activating group) is 1. The number of hydrogen-bond donors (Lipinski definition) is 0. The lowest BCUT2D eigenvalue weighted by Gasteiger charge is -2.32. The molecular weight excluding hydrogens is 308 g/mol. The number of carbonyl (C=O) groups is 3. The van der Waals surface area contributed by atoms with Gasteiger partial charge in [-0.3, -0.25) is 14.4 Å². The molecule has 1 saturated heterocycles. The van der Waals surface area contributed by atoms with Gasteiger partial charge in [-0.15, -0.1) is 0 Å². The Morgan fingerprint density at radius 1 is 1.17 bits per heavy atom. The van der Waals surface area contributed by atoms with Gasteiger partial charge in [0.1, 0.15) is 0 Å². The largest absolute Gasteiger partial charge is 0.466 e. The number of hydrogen-bond acceptors (Lipinski definition) is 4. The van der Waals surface area contributed by atoms with Gasteiger partial charge in [0.25, 0.3) is 5.91 Å². The van der Waals surface area contributed by atoms with Crippen LogP contribution in [0.1, 0.15) is 30.1 Å². The molecule has 0 aliphatic carbocycles. The normalized spacial score (nSPS) is 15.0. The van der Waals surface area contributed by atoms with E-state index < -0.39 is 0 Å². The second-order valence-electron chi connectivity index (χ2n) is 5.93. The Bertz CT molecular complexity index is 580. The molecule has 0 saturated carbocycles. The Labute approximate surface area is 142 Å². The van der Waals surface area contributed by atoms with Crippen molar-refractivity contribution in [2.75, 3.05) is 33.3 Å². The van der Waals surface area contributed by atoms with E-state index in [0.717, 1.165) is 0 Å². The number of benzene rings is 1. The average Bonchev–Trinajstić information content (AvgIpc) is 2.62. The maximum absolute atomic E-state index is 12.4. The molecule has 130 valence electrons. The molecule has 2 rings (SSSR count). The lowest BCUT2D eigenvalue weighted by molar-refractivity contribution is -0.151. The van der Waals surface area contributed by atoms with Crippen LogP contribution in [0.25, 0.3) is 0 Å². The second-order valence-corrected chi connectivity index (χ2v) is 5.93. The summed E-state index contributed by atoms with van der Waals surface area (Å²) in [4.78, 5) is 39.5. The third-order valence-electron chi connectivity index (χ3n) is 4.21. The number of carbonyl (C=O) groups excluding carboxylic acids is 3. The van der Waals surface area contributed by atoms with Gasteiger partial charge in [0.15, 0.2) is 0 Å². The van der Waals surface area contributed by atoms with Crippen LogP contribution in [0.4, 0.5) is 0 Å². The Morgan fingerprint density at radius 2 is 1.79 bits per heavy atom. The number of rotatable bonds is 5. The summed E-state index contributed by atoms with van der Waals surface area (Å²) in [6, 6.07) is 8.89. The molecule has 1 aromatic rings. The number of amides is 2. The third-order valence-corrected chi connectivity index (χ3v) is 4.21. The van der Waals surface area contributed by atoms with E-state index in [-0.39, 0.29) is 30.2 Å². The minimum Gasteiger partial charge on any atom is -0.466 e. The minimum absolute atomic E-state index is 0.0395. The highest BCUT2D eigenvalue weighted by molar-refractivity contribution is 5.96. The quantitative estimate of drug-likeness (QED) is 0.768. The van der Waals surface area contributed by atoms with Crippen LogP contribution >= 0.6 is 0 Å². The summed E-state index contributed by atoms with van der Waals surface area (Å²) < 4.78 is 5.03. The molecule has 24 heavy (non-hydrogen) atoms. The first-order chi connectivity index (χ1) is 11.5. The number of ether oxygens (including phenoxy) is 1. The molecule has 0 radical (unpaired) electrons. The van der Waals surface area contributed by atoms with Crippen LogP contribution in [0.3, 0.4) is 0 Å². The van der Waals surface area contributed by atoms with Crippen molar-refractivity contribution < 1.29 is 19.1 Å². The molecule has 1 aliphatic heterocycles. The fourth-order valence-corrected chi connectivity index (χ4v) is 2.80. The fourth-order valence-electron chi connectivity index (χ4n) is 2.80. The van der Waals surface area contributed by atoms with Gasteiger partial charge < -0.3 is 14.5 Å². The minimum atomic E-state index is -0.180. The Balaban J connectivity index is 1.83. The summed E-state index contributed by atoms with van der Waals surface area (Å²) in [6.45, 7) is 3.25. The van der Waals surface area contributed by atoms with E-state index in [9.17, 15) is 14.4 Å². The molecule has 0 N–H and O–H groups in total. The van der Waals surface area contributed by atoms with Crippen molar-refractivity contribution in [1.29, 1.82) is 0 Å². The zero-order chi connectivity index (χ0) is 17.5. The summed E-state index contributed by atoms with van der Waals surface area (Å²) in [6.07, 6.45) is 1.22. The molecule has 1 heterocycles. The molecule has 0 spiro atoms. The predicted octanol–water partition coefficient (Wildman–Crippen LogP) is 1.56. The fraction of sp³-hybridized carbons (Fsp3) is 0.500. The van der Waals surface area contributed by atoms with Crippen molar-refractivity contribution >= 4 is 17.8 Å². The summed E-state index contributed by atoms with van der Waals surface area (Å²) >= 11 is 0. The molecule has 0 bridgehead atoms. The summed E-state index contributed by atoms with van der Waals surface area (Å²) in [5.41, 5.74) is 0.564. The van der Waals surface area contributed by atoms with E-state index in [4.69, 9.17) is 4.74 Å². The Morgan fingerprint density at radius 3 is 2.38 bits per heavy atom. The highest BCUT2D eigenvalue weighted by Crippen LogP contribution is 2.19. The summed E-state index contributed by atoms with van der Waals surface area (Å²) in [7, 11) is 1.62. The van der Waals surface area contributed by atoms with Gasteiger partial charge in [-0.25, -0.2) is 0 Å². The molecule has 0 aromatic heterocycles. The molecule has 1 aliphatic rings. The van der Waals surface area contributed by atoms with E-state index in [1.54, 1.807) is 43.1 Å². The standard InChI is InChI=1S/C18H24N2O4/c1-3-24-18(23)15-9-11-20(12-10-15)16(21)13-19(2)17(22)14-7-5-4-6-8-14/h4-8,15H,3,9-13H2,1-2H3. The van der Waals surface area contributed by atoms with Crippen LogP contribution < -0.4 is 0 Å². The van der Waals surface area contributed by atoms with Crippen molar-refractivity contribution in [2.45, 2.75) is 19.8 Å². The van der Waals surface area contributed by atoms with Gasteiger partial charge >= 0.3 is 5.97 Å². The topological polar surface area (TPSA) is 66.9 Å². The zero-order valence-corrected chi connectivity index (χ0v) is 14.2. The van der Waals surface area contributed by atoms with Crippen LogP contribution in [0.15, 0.2) is 30.3 Å². The van der Waals surface area contributed by atoms with Crippen molar-refractivity contribution in [3.8, 4) is 0 Å². The first-order valence-corrected chi connectivity index (χ1v) is 8.27. The van der Waals surface area contributed by atoms with Crippen LogP contribution in [0.5, 0.6) is 0 Å². The van der Waals surface area contributed by atoms with Gasteiger partial charge in [0.05, 0.1) is 19.1 Å². The first kappa shape index (κ1) is 18.0. The van der Waals surface area contributed by atoms with Gasteiger partial charge in [-0.2, -0.15) is 0 Å². The van der Waals surface area contributed by atoms with Crippen LogP contribution in [0.2, 0.25) is 0 Å². The van der Waals surface area contributed by atoms with Crippen molar-refractivity contribution in [2.24, 2.45) is 5.92 Å². The van der Waals surface area contributed by atoms with Crippen molar-refractivity contribution in [1.82, 2.24) is 9.80 Å². The highest BCUT2D eigenvalue weighted by Gasteiger charge is 2.29. The highest BCUT2D eigenvalue weighted by atomic mass is 16.5. The number of piperidine rings is 1. The maximum Gasteiger partial charge on any atom is 0.309 e. The lowest BCUT2D eigenvalue weighted by atomic mass is 9.97. The van der Waals surface area contributed by atoms with E-state index in [2.05, 4.69) is 0 Å². The number of likely N-dealkylation sites (tertiary alicyclic amines) is 1. The molecule has 2 amide bonds. The van der Waals surface area contributed by atoms with Crippen molar-refractivity contribution in [3.63, 3.8) is 0 Å². The molecule has 6 heteroatoms. The third kappa shape index (κ3) is 4.57. The average molecular weight is 332 g/mol. The second kappa shape index (κ2) is 8.47. The molecule has 1 aromatic carbocycles. The van der Waals surface area contributed by atoms with E-state index in [1.165, 1.54) is 4.90 Å². The smallest absolute Gasteiger partial charge is 0.309 e. The SMILES string of the molecule is CCOC(=O)C1CCN(C(=O)CN(C)C(=O)c2ccccc2)CC1. The van der Waals surface area contributed by atoms with Crippen LogP contribution in [-0.2, 0) is 14.3 Å². The van der Waals surface area contributed by atoms with Gasteiger partial charge in [-0.1, -0.05) is 18.2 Å². The monoisotopic (exact) mass is 332 g/mol. The van der Waals surface area contributed by atoms with Gasteiger partial charge in [-0.05, 0) is 31.9 Å². The zero-order valence-electron chi connectivity index (χ0n) is 14.2. The maximum atomic E-state index is 12.4. The number of nitrogens with zero attached hydrogens (tertiary/aromatic N) is 2. The molecular formula is C18H24N2O4. The first-order valence-electron chi connectivity index (χ1n) is 8.27. The summed E-state index contributed by atoms with van der Waals surface area (Å²) in [5, 5.41) is 0.